The molecule has 2 amide bonds. The monoisotopic (exact) mass is 527 g/mol. The number of nitrogens with zero attached hydrogens (tertiary/aromatic N) is 5. The summed E-state index contributed by atoms with van der Waals surface area (Å²) in [6.07, 6.45) is 5.97. The summed E-state index contributed by atoms with van der Waals surface area (Å²) >= 11 is 0. The zero-order valence-corrected chi connectivity index (χ0v) is 21.5. The van der Waals surface area contributed by atoms with Crippen LogP contribution in [0.2, 0.25) is 0 Å². The van der Waals surface area contributed by atoms with Crippen LogP contribution in [-0.4, -0.2) is 47.3 Å². The van der Waals surface area contributed by atoms with Gasteiger partial charge in [0.2, 0.25) is 11.9 Å². The molecule has 11 nitrogen and oxygen atoms in total. The maximum absolute atomic E-state index is 12.8. The molecule has 0 unspecified atom stereocenters. The molecule has 3 aromatic heterocycles. The number of fused-ring (bicyclic) bond motifs is 1. The quantitative estimate of drug-likeness (QED) is 0.328. The number of aliphatic carboxylic acids is 1. The number of nitrogens with one attached hydrogen (secondary N) is 2. The number of aryl methyl sites for hydroxylation is 1. The zero-order chi connectivity index (χ0) is 27.1. The number of aromatic nitrogens is 5. The van der Waals surface area contributed by atoms with Crippen LogP contribution in [0.1, 0.15) is 60.5 Å². The normalized spacial score (nSPS) is 16.3. The van der Waals surface area contributed by atoms with Gasteiger partial charge < -0.3 is 10.4 Å². The summed E-state index contributed by atoms with van der Waals surface area (Å²) < 4.78 is 3.41. The molecule has 200 valence electrons. The number of benzene rings is 1. The topological polar surface area (TPSA) is 144 Å². The highest BCUT2D eigenvalue weighted by Gasteiger charge is 2.31. The first-order chi connectivity index (χ1) is 18.9. The minimum atomic E-state index is -0.630. The van der Waals surface area contributed by atoms with Crippen molar-refractivity contribution in [1.82, 2.24) is 24.4 Å². The molecule has 3 aliphatic carbocycles. The number of anilines is 2. The highest BCUT2D eigenvalue weighted by Crippen LogP contribution is 2.40. The van der Waals surface area contributed by atoms with Gasteiger partial charge in [-0.2, -0.15) is 10.1 Å². The predicted molar refractivity (Wildman–Crippen MR) is 143 cm³/mol. The smallest absolute Gasteiger partial charge is 0.306 e. The van der Waals surface area contributed by atoms with Gasteiger partial charge >= 0.3 is 5.97 Å². The number of hydrogen-bond donors (Lipinski definition) is 3. The summed E-state index contributed by atoms with van der Waals surface area (Å²) in [6, 6.07) is 15.0. The van der Waals surface area contributed by atoms with Crippen molar-refractivity contribution in [3.63, 3.8) is 0 Å². The Morgan fingerprint density at radius 2 is 1.62 bits per heavy atom. The van der Waals surface area contributed by atoms with Crippen molar-refractivity contribution in [2.24, 2.45) is 18.9 Å². The zero-order valence-electron chi connectivity index (χ0n) is 21.5. The Hall–Kier alpha value is -4.54. The molecule has 0 aliphatic heterocycles. The van der Waals surface area contributed by atoms with E-state index in [-0.39, 0.29) is 23.7 Å². The molecule has 3 N–H and O–H groups in total. The maximum Gasteiger partial charge on any atom is 0.306 e. The number of carboxylic acids is 1. The van der Waals surface area contributed by atoms with E-state index in [1.165, 1.54) is 12.8 Å². The first-order valence-electron chi connectivity index (χ1n) is 13.2. The molecule has 0 bridgehead atoms. The molecule has 7 rings (SSSR count). The van der Waals surface area contributed by atoms with E-state index in [2.05, 4.69) is 25.8 Å². The lowest BCUT2D eigenvalue weighted by molar-refractivity contribution is -0.138. The summed E-state index contributed by atoms with van der Waals surface area (Å²) in [5.41, 5.74) is 3.94. The maximum atomic E-state index is 12.8. The Morgan fingerprint density at radius 1 is 0.897 bits per heavy atom. The van der Waals surface area contributed by atoms with E-state index in [4.69, 9.17) is 5.11 Å². The van der Waals surface area contributed by atoms with E-state index in [0.29, 0.717) is 28.9 Å². The average molecular weight is 528 g/mol. The fourth-order valence-electron chi connectivity index (χ4n) is 4.23. The van der Waals surface area contributed by atoms with Crippen LogP contribution in [0.4, 0.5) is 11.8 Å². The third kappa shape index (κ3) is 5.66. The first kappa shape index (κ1) is 24.8. The molecule has 3 aliphatic rings. The predicted octanol–water partition coefficient (Wildman–Crippen LogP) is 4.09. The molecule has 4 aromatic rings. The Balaban J connectivity index is 0.000000410. The number of rotatable bonds is 7. The number of carbonyl (C=O) groups excluding carboxylic acids is 2. The van der Waals surface area contributed by atoms with E-state index in [1.54, 1.807) is 21.3 Å². The lowest BCUT2D eigenvalue weighted by Crippen LogP contribution is -2.14. The van der Waals surface area contributed by atoms with Crippen LogP contribution in [0.5, 0.6) is 0 Å². The van der Waals surface area contributed by atoms with E-state index in [1.807, 2.05) is 43.4 Å². The van der Waals surface area contributed by atoms with Gasteiger partial charge in [-0.15, -0.1) is 5.10 Å². The third-order valence-corrected chi connectivity index (χ3v) is 7.05. The van der Waals surface area contributed by atoms with Crippen LogP contribution in [0, 0.1) is 11.8 Å². The highest BCUT2D eigenvalue weighted by atomic mass is 16.4. The van der Waals surface area contributed by atoms with Gasteiger partial charge in [-0.1, -0.05) is 18.2 Å². The fourth-order valence-corrected chi connectivity index (χ4v) is 4.23. The average Bonchev–Trinajstić information content (AvgIpc) is 3.80. The van der Waals surface area contributed by atoms with Crippen LogP contribution >= 0.6 is 0 Å². The Labute approximate surface area is 224 Å². The standard InChI is InChI=1S/C24H23N7O2.C4H6O2/c1-30-21(13-18(28-30)14-5-6-14)25-22(32)16-9-7-15(8-10-16)19-3-2-4-20-26-24(29-31(19)20)27-23(33)17-11-12-17;5-4(6)3-1-2-3/h2-4,7-10,13-14,17H,5-6,11-12H2,1H3,(H,25,32)(H,27,29,33);3H,1-2H2,(H,5,6). The minimum Gasteiger partial charge on any atom is -0.481 e. The SMILES string of the molecule is Cn1nc(C2CC2)cc1NC(=O)c1ccc(-c2cccc3nc(NC(=O)C4CC4)nn23)cc1.O=C(O)C1CC1. The Kier molecular flexibility index (Phi) is 6.34. The van der Waals surface area contributed by atoms with Crippen molar-refractivity contribution in [2.75, 3.05) is 10.6 Å². The van der Waals surface area contributed by atoms with Crippen LogP contribution in [0.3, 0.4) is 0 Å². The van der Waals surface area contributed by atoms with E-state index in [9.17, 15) is 14.4 Å². The molecule has 11 heteroatoms. The Morgan fingerprint density at radius 3 is 2.23 bits per heavy atom. The van der Waals surface area contributed by atoms with Crippen molar-refractivity contribution in [1.29, 1.82) is 0 Å². The largest absolute Gasteiger partial charge is 0.481 e. The Bertz CT molecular complexity index is 1560. The van der Waals surface area contributed by atoms with E-state index >= 15 is 0 Å². The molecular weight excluding hydrogens is 498 g/mol. The van der Waals surface area contributed by atoms with Gasteiger partial charge in [0.25, 0.3) is 5.91 Å². The molecule has 3 saturated carbocycles. The summed E-state index contributed by atoms with van der Waals surface area (Å²) in [5.74, 6) is 0.789. The van der Waals surface area contributed by atoms with Gasteiger partial charge in [-0.3, -0.25) is 24.4 Å². The lowest BCUT2D eigenvalue weighted by Gasteiger charge is -2.07. The highest BCUT2D eigenvalue weighted by molar-refractivity contribution is 6.04. The van der Waals surface area contributed by atoms with Crippen LogP contribution in [0.25, 0.3) is 16.9 Å². The van der Waals surface area contributed by atoms with Gasteiger partial charge in [-0.05, 0) is 62.8 Å². The van der Waals surface area contributed by atoms with Crippen molar-refractivity contribution in [3.05, 3.63) is 59.8 Å². The molecule has 0 spiro atoms. The number of carboxylic acid groups (broad SMARTS) is 1. The fraction of sp³-hybridized carbons (Fsp3) is 0.357. The molecular formula is C28H29N7O4. The molecule has 0 radical (unpaired) electrons. The van der Waals surface area contributed by atoms with E-state index in [0.717, 1.165) is 42.6 Å². The second-order valence-corrected chi connectivity index (χ2v) is 10.4. The number of pyridine rings is 1. The summed E-state index contributed by atoms with van der Waals surface area (Å²) in [5, 5.41) is 22.8. The summed E-state index contributed by atoms with van der Waals surface area (Å²) in [6.45, 7) is 0. The lowest BCUT2D eigenvalue weighted by atomic mass is 10.1. The molecule has 0 atom stereocenters. The molecule has 0 saturated heterocycles. The van der Waals surface area contributed by atoms with Crippen LogP contribution in [0.15, 0.2) is 48.5 Å². The minimum absolute atomic E-state index is 0.0185. The number of amides is 2. The second kappa shape index (κ2) is 9.97. The first-order valence-corrected chi connectivity index (χ1v) is 13.2. The third-order valence-electron chi connectivity index (χ3n) is 7.05. The van der Waals surface area contributed by atoms with Gasteiger partial charge in [0, 0.05) is 36.1 Å². The molecule has 3 fully saturated rings. The molecule has 39 heavy (non-hydrogen) atoms. The van der Waals surface area contributed by atoms with Crippen molar-refractivity contribution in [3.8, 4) is 11.3 Å². The molecule has 1 aromatic carbocycles. The van der Waals surface area contributed by atoms with E-state index < -0.39 is 5.97 Å². The molecule has 3 heterocycles. The van der Waals surface area contributed by atoms with Crippen molar-refractivity contribution < 1.29 is 19.5 Å². The number of carbonyl (C=O) groups is 3. The van der Waals surface area contributed by atoms with Gasteiger partial charge in [0.05, 0.1) is 17.3 Å². The van der Waals surface area contributed by atoms with Crippen molar-refractivity contribution in [2.45, 2.75) is 44.4 Å². The van der Waals surface area contributed by atoms with Crippen LogP contribution in [-0.2, 0) is 16.6 Å². The van der Waals surface area contributed by atoms with Crippen LogP contribution < -0.4 is 10.6 Å². The van der Waals surface area contributed by atoms with Gasteiger partial charge in [0.15, 0.2) is 5.65 Å². The number of hydrogen-bond acceptors (Lipinski definition) is 6. The summed E-state index contributed by atoms with van der Waals surface area (Å²) in [4.78, 5) is 39.0. The van der Waals surface area contributed by atoms with Gasteiger partial charge in [0.1, 0.15) is 5.82 Å². The second-order valence-electron chi connectivity index (χ2n) is 10.4. The van der Waals surface area contributed by atoms with Gasteiger partial charge in [-0.25, -0.2) is 4.52 Å². The van der Waals surface area contributed by atoms with Crippen molar-refractivity contribution >= 4 is 35.2 Å². The summed E-state index contributed by atoms with van der Waals surface area (Å²) in [7, 11) is 1.84.